The fraction of sp³-hybridized carbons (Fsp3) is 1.00. The summed E-state index contributed by atoms with van der Waals surface area (Å²) in [7, 11) is 0. The van der Waals surface area contributed by atoms with Crippen molar-refractivity contribution >= 4 is 0 Å². The number of halogens is 18. The topological polar surface area (TPSA) is 46.2 Å². The minimum Gasteiger partial charge on any atom is -0.222 e. The molecule has 0 bridgehead atoms. The molecule has 0 unspecified atom stereocenters. The van der Waals surface area contributed by atoms with Gasteiger partial charge in [0, 0.05) is 0 Å². The number of ether oxygens (including phenoxy) is 5. The van der Waals surface area contributed by atoms with Crippen molar-refractivity contribution in [1.82, 2.24) is 0 Å². The Kier molecular flexibility index (Phi) is 7.77. The summed E-state index contributed by atoms with van der Waals surface area (Å²) >= 11 is 0. The van der Waals surface area contributed by atoms with Crippen molar-refractivity contribution in [3.63, 3.8) is 0 Å². The Hall–Kier alpha value is -1.46. The maximum absolute atomic E-state index is 12.7. The van der Waals surface area contributed by atoms with Gasteiger partial charge in [0.25, 0.3) is 0 Å². The van der Waals surface area contributed by atoms with E-state index in [1.54, 1.807) is 14.2 Å². The van der Waals surface area contributed by atoms with Crippen molar-refractivity contribution < 1.29 is 103 Å². The minimum atomic E-state index is -7.02. The average Bonchev–Trinajstić information content (AvgIpc) is 2.26. The lowest BCUT2D eigenvalue weighted by Gasteiger charge is -2.30. The van der Waals surface area contributed by atoms with Crippen LogP contribution >= 0.6 is 0 Å². The van der Waals surface area contributed by atoms with Gasteiger partial charge < -0.3 is 0 Å². The van der Waals surface area contributed by atoms with Crippen LogP contribution in [-0.2, 0) is 23.7 Å². The molecule has 0 aromatic carbocycles. The van der Waals surface area contributed by atoms with Crippen LogP contribution in [0, 0.1) is 0 Å². The van der Waals surface area contributed by atoms with Gasteiger partial charge in [0.2, 0.25) is 0 Å². The molecule has 188 valence electrons. The van der Waals surface area contributed by atoms with Crippen LogP contribution in [0.25, 0.3) is 0 Å². The Morgan fingerprint density at radius 2 is 0.419 bits per heavy atom. The van der Waals surface area contributed by atoms with Crippen LogP contribution < -0.4 is 0 Å². The van der Waals surface area contributed by atoms with Gasteiger partial charge in [0.1, 0.15) is 0 Å². The number of hydrogen-bond acceptors (Lipinski definition) is 5. The molecular weight excluding hydrogens is 518 g/mol. The minimum absolute atomic E-state index is 1.49. The highest BCUT2D eigenvalue weighted by atomic mass is 19.4. The number of alkyl halides is 18. The van der Waals surface area contributed by atoms with Gasteiger partial charge in [0.15, 0.2) is 0 Å². The average molecular weight is 518 g/mol. The van der Waals surface area contributed by atoms with E-state index in [1.165, 1.54) is 9.47 Å². The molecule has 0 aromatic rings. The van der Waals surface area contributed by atoms with Gasteiger partial charge >= 0.3 is 49.7 Å². The summed E-state index contributed by atoms with van der Waals surface area (Å²) in [4.78, 5) is 0. The summed E-state index contributed by atoms with van der Waals surface area (Å²) in [5.74, 6) is 0. The molecule has 0 atom stereocenters. The third kappa shape index (κ3) is 9.28. The quantitative estimate of drug-likeness (QED) is 0.279. The molecule has 31 heavy (non-hydrogen) atoms. The fourth-order valence-electron chi connectivity index (χ4n) is 0.912. The number of rotatable bonds is 10. The van der Waals surface area contributed by atoms with Crippen LogP contribution in [-0.4, -0.2) is 49.7 Å². The summed E-state index contributed by atoms with van der Waals surface area (Å²) in [6.45, 7) is 0. The monoisotopic (exact) mass is 518 g/mol. The molecule has 0 radical (unpaired) electrons. The second kappa shape index (κ2) is 8.15. The molecule has 0 aliphatic rings. The molecule has 0 aromatic heterocycles. The Labute approximate surface area is 154 Å². The Morgan fingerprint density at radius 1 is 0.258 bits per heavy atom. The molecule has 0 saturated carbocycles. The molecule has 0 N–H and O–H groups in total. The van der Waals surface area contributed by atoms with Gasteiger partial charge in [-0.3, -0.25) is 0 Å². The zero-order valence-electron chi connectivity index (χ0n) is 12.8. The predicted molar refractivity (Wildman–Crippen MR) is 47.2 cm³/mol. The van der Waals surface area contributed by atoms with Crippen LogP contribution in [0.1, 0.15) is 0 Å². The van der Waals surface area contributed by atoms with E-state index in [0.717, 1.165) is 0 Å². The molecule has 0 saturated heterocycles. The van der Waals surface area contributed by atoms with E-state index in [2.05, 4.69) is 0 Å². The zero-order valence-corrected chi connectivity index (χ0v) is 12.8. The Bertz CT molecular complexity index is 555. The first-order valence-corrected chi connectivity index (χ1v) is 5.94. The summed E-state index contributed by atoms with van der Waals surface area (Å²) in [5.41, 5.74) is 0. The third-order valence-corrected chi connectivity index (χ3v) is 1.87. The lowest BCUT2D eigenvalue weighted by Crippen LogP contribution is -2.51. The van der Waals surface area contributed by atoms with E-state index >= 15 is 0 Å². The van der Waals surface area contributed by atoms with Crippen LogP contribution in [0.15, 0.2) is 0 Å². The third-order valence-electron chi connectivity index (χ3n) is 1.87. The van der Waals surface area contributed by atoms with E-state index in [0.29, 0.717) is 0 Å². The van der Waals surface area contributed by atoms with Crippen molar-refractivity contribution in [3.8, 4) is 0 Å². The normalized spacial score (nSPS) is 16.1. The van der Waals surface area contributed by atoms with Crippen LogP contribution in [0.2, 0.25) is 0 Å². The zero-order chi connectivity index (χ0) is 25.5. The highest BCUT2D eigenvalue weighted by Crippen LogP contribution is 2.45. The highest BCUT2D eigenvalue weighted by Gasteiger charge is 2.69. The van der Waals surface area contributed by atoms with E-state index < -0.39 is 49.7 Å². The Morgan fingerprint density at radius 3 is 0.581 bits per heavy atom. The molecule has 0 spiro atoms. The highest BCUT2D eigenvalue weighted by molar-refractivity contribution is 4.66. The van der Waals surface area contributed by atoms with Gasteiger partial charge in [-0.15, -0.1) is 35.1 Å². The lowest BCUT2D eigenvalue weighted by atomic mass is 10.6. The SMILES string of the molecule is FC(F)(OC(F)(F)OC(F)(F)OC(F)(F)C(F)(F)F)OC(F)(F)OC(F)(F)C(F)(F)F. The van der Waals surface area contributed by atoms with Crippen molar-refractivity contribution in [2.24, 2.45) is 0 Å². The van der Waals surface area contributed by atoms with Crippen LogP contribution in [0.5, 0.6) is 0 Å². The van der Waals surface area contributed by atoms with E-state index in [4.69, 9.17) is 0 Å². The molecule has 0 aliphatic carbocycles. The van der Waals surface area contributed by atoms with Gasteiger partial charge in [-0.05, 0) is 0 Å². The van der Waals surface area contributed by atoms with Gasteiger partial charge in [-0.2, -0.15) is 43.9 Å². The molecule has 0 amide bonds. The first kappa shape index (κ1) is 29.5. The maximum Gasteiger partial charge on any atom is 0.498 e. The second-order valence-corrected chi connectivity index (χ2v) is 4.39. The van der Waals surface area contributed by atoms with Crippen molar-refractivity contribution in [2.75, 3.05) is 0 Å². The van der Waals surface area contributed by atoms with Gasteiger partial charge in [-0.1, -0.05) is 0 Å². The molecular formula is C8F18O5. The standard InChI is InChI=1S/C8F18O5/c9-1(10,11)3(15,16)27-5(19,20)29-7(23,24)31-8(25,26)30-6(21,22)28-4(17,18)2(12,13)14. The smallest absolute Gasteiger partial charge is 0.222 e. The van der Waals surface area contributed by atoms with Crippen molar-refractivity contribution in [3.05, 3.63) is 0 Å². The van der Waals surface area contributed by atoms with E-state index in [-0.39, 0.29) is 0 Å². The summed E-state index contributed by atoms with van der Waals surface area (Å²) < 4.78 is 227. The molecule has 0 fully saturated rings. The first-order valence-electron chi connectivity index (χ1n) is 5.94. The Balaban J connectivity index is 5.35. The van der Waals surface area contributed by atoms with Crippen LogP contribution in [0.4, 0.5) is 79.0 Å². The number of hydrogen-bond donors (Lipinski definition) is 0. The molecule has 5 nitrogen and oxygen atoms in total. The van der Waals surface area contributed by atoms with Gasteiger partial charge in [0.05, 0.1) is 0 Å². The molecule has 23 heteroatoms. The van der Waals surface area contributed by atoms with E-state index in [1.807, 2.05) is 0 Å². The molecule has 0 aliphatic heterocycles. The van der Waals surface area contributed by atoms with Crippen molar-refractivity contribution in [1.29, 1.82) is 0 Å². The predicted octanol–water partition coefficient (Wildman–Crippen LogP) is 5.58. The lowest BCUT2D eigenvalue weighted by molar-refractivity contribution is -0.630. The van der Waals surface area contributed by atoms with Crippen LogP contribution in [0.3, 0.4) is 0 Å². The maximum atomic E-state index is 12.7. The fourth-order valence-corrected chi connectivity index (χ4v) is 0.912. The first-order chi connectivity index (χ1) is 13.0. The summed E-state index contributed by atoms with van der Waals surface area (Å²) in [6, 6.07) is 0. The largest absolute Gasteiger partial charge is 0.498 e. The second-order valence-electron chi connectivity index (χ2n) is 4.39. The van der Waals surface area contributed by atoms with Gasteiger partial charge in [-0.25, -0.2) is 23.7 Å². The summed E-state index contributed by atoms with van der Waals surface area (Å²) in [6.07, 6.45) is -55.6. The van der Waals surface area contributed by atoms with E-state index in [9.17, 15) is 79.0 Å². The molecule has 0 heterocycles. The summed E-state index contributed by atoms with van der Waals surface area (Å²) in [5, 5.41) is 0. The van der Waals surface area contributed by atoms with Crippen molar-refractivity contribution in [2.45, 2.75) is 49.7 Å². The molecule has 0 rings (SSSR count).